The molecule has 0 aliphatic carbocycles. The number of hydrogen-bond acceptors (Lipinski definition) is 1. The molecule has 2 aromatic carbocycles. The molecule has 0 aliphatic rings. The van der Waals surface area contributed by atoms with Crippen molar-refractivity contribution in [2.75, 3.05) is 0 Å². The van der Waals surface area contributed by atoms with E-state index < -0.39 is 0 Å². The molecule has 1 nitrogen and oxygen atoms in total. The Kier molecular flexibility index (Phi) is 2.54. The van der Waals surface area contributed by atoms with Gasteiger partial charge in [0.1, 0.15) is 0 Å². The Morgan fingerprint density at radius 2 is 1.29 bits per heavy atom. The van der Waals surface area contributed by atoms with Crippen LogP contribution in [0.25, 0.3) is 11.1 Å². The topological polar surface area (TPSA) is 12.4 Å². The summed E-state index contributed by atoms with van der Waals surface area (Å²) in [5.74, 6) is 0. The van der Waals surface area contributed by atoms with E-state index in [1.165, 1.54) is 11.1 Å². The fourth-order valence-electron chi connectivity index (χ4n) is 1.37. The molecule has 0 aromatic heterocycles. The van der Waals surface area contributed by atoms with Crippen LogP contribution in [-0.4, -0.2) is 7.64 Å². The van der Waals surface area contributed by atoms with Crippen LogP contribution in [0.15, 0.2) is 59.5 Å². The molecule has 0 heterocycles. The van der Waals surface area contributed by atoms with Gasteiger partial charge in [-0.05, 0) is 0 Å². The molecule has 2 rings (SSSR count). The molecule has 1 radical (unpaired) electrons. The van der Waals surface area contributed by atoms with E-state index in [-0.39, 0.29) is 0 Å². The first-order valence-electron chi connectivity index (χ1n) is 4.46. The van der Waals surface area contributed by atoms with Gasteiger partial charge in [-0.3, -0.25) is 0 Å². The first-order chi connectivity index (χ1) is 6.90. The monoisotopic (exact) mass is 178 g/mol. The molecule has 0 spiro atoms. The van der Waals surface area contributed by atoms with E-state index in [4.69, 9.17) is 7.64 Å². The van der Waals surface area contributed by atoms with Crippen LogP contribution in [0, 0.1) is 0 Å². The Morgan fingerprint density at radius 1 is 0.714 bits per heavy atom. The van der Waals surface area contributed by atoms with Crippen LogP contribution in [0.5, 0.6) is 0 Å². The average Bonchev–Trinajstić information content (AvgIpc) is 2.30. The molecule has 0 saturated carbocycles. The summed E-state index contributed by atoms with van der Waals surface area (Å²) in [4.78, 5) is 3.61. The van der Waals surface area contributed by atoms with Crippen molar-refractivity contribution < 1.29 is 0 Å². The van der Waals surface area contributed by atoms with Crippen molar-refractivity contribution >= 4 is 13.3 Å². The Hall–Kier alpha value is -1.70. The first-order valence-corrected chi connectivity index (χ1v) is 4.46. The maximum atomic E-state index is 5.16. The molecule has 0 fully saturated rings. The summed E-state index contributed by atoms with van der Waals surface area (Å²) in [6, 6.07) is 18.1. The van der Waals surface area contributed by atoms with E-state index in [9.17, 15) is 0 Å². The zero-order valence-corrected chi connectivity index (χ0v) is 7.72. The Bertz CT molecular complexity index is 420. The quantitative estimate of drug-likeness (QED) is 0.625. The zero-order valence-electron chi connectivity index (χ0n) is 7.72. The second-order valence-corrected chi connectivity index (χ2v) is 3.04. The van der Waals surface area contributed by atoms with Crippen LogP contribution < -0.4 is 0 Å². The van der Waals surface area contributed by atoms with Gasteiger partial charge in [-0.2, -0.15) is 0 Å². The van der Waals surface area contributed by atoms with Crippen LogP contribution in [0.1, 0.15) is 0 Å². The summed E-state index contributed by atoms with van der Waals surface area (Å²) in [5, 5.41) is 0. The number of hydrogen-bond donors (Lipinski definition) is 0. The van der Waals surface area contributed by atoms with Crippen molar-refractivity contribution in [1.82, 2.24) is 0 Å². The van der Waals surface area contributed by atoms with Gasteiger partial charge >= 0.3 is 83.9 Å². The van der Waals surface area contributed by atoms with E-state index in [1.54, 1.807) is 0 Å². The molecular weight excluding hydrogens is 169 g/mol. The molecule has 2 heteroatoms. The molecule has 14 heavy (non-hydrogen) atoms. The minimum atomic E-state index is 0.796. The first kappa shape index (κ1) is 8.88. The normalized spacial score (nSPS) is 9.64. The van der Waals surface area contributed by atoms with E-state index >= 15 is 0 Å². The Balaban J connectivity index is 2.39. The van der Waals surface area contributed by atoms with E-state index in [0.717, 1.165) is 5.69 Å². The summed E-state index contributed by atoms with van der Waals surface area (Å²) >= 11 is 0. The zero-order chi connectivity index (χ0) is 9.80. The molecular formula is C12H9BN. The predicted molar refractivity (Wildman–Crippen MR) is 59.7 cm³/mol. The van der Waals surface area contributed by atoms with Gasteiger partial charge in [-0.25, -0.2) is 0 Å². The van der Waals surface area contributed by atoms with Gasteiger partial charge in [0.25, 0.3) is 0 Å². The van der Waals surface area contributed by atoms with Crippen LogP contribution in [0.2, 0.25) is 0 Å². The molecule has 0 saturated heterocycles. The predicted octanol–water partition coefficient (Wildman–Crippen LogP) is 3.34. The van der Waals surface area contributed by atoms with Gasteiger partial charge < -0.3 is 0 Å². The Labute approximate surface area is 84.5 Å². The van der Waals surface area contributed by atoms with Gasteiger partial charge in [0.2, 0.25) is 0 Å². The second-order valence-electron chi connectivity index (χ2n) is 3.04. The minimum absolute atomic E-state index is 0.796. The summed E-state index contributed by atoms with van der Waals surface area (Å²) in [6.45, 7) is 0. The summed E-state index contributed by atoms with van der Waals surface area (Å²) in [7, 11) is 5.16. The van der Waals surface area contributed by atoms with Gasteiger partial charge in [-0.15, -0.1) is 0 Å². The summed E-state index contributed by atoms with van der Waals surface area (Å²) < 4.78 is 0. The molecule has 0 aliphatic heterocycles. The van der Waals surface area contributed by atoms with E-state index in [2.05, 4.69) is 17.0 Å². The van der Waals surface area contributed by atoms with Crippen LogP contribution in [0.3, 0.4) is 0 Å². The van der Waals surface area contributed by atoms with Crippen molar-refractivity contribution in [3.63, 3.8) is 0 Å². The third-order valence-corrected chi connectivity index (χ3v) is 2.12. The van der Waals surface area contributed by atoms with Crippen molar-refractivity contribution in [3.8, 4) is 11.1 Å². The fourth-order valence-corrected chi connectivity index (χ4v) is 1.37. The van der Waals surface area contributed by atoms with Gasteiger partial charge in [-0.1, -0.05) is 0 Å². The van der Waals surface area contributed by atoms with Crippen molar-refractivity contribution in [3.05, 3.63) is 54.6 Å². The third kappa shape index (κ3) is 1.79. The molecule has 0 amide bonds. The summed E-state index contributed by atoms with van der Waals surface area (Å²) in [6.07, 6.45) is 0. The molecule has 0 unspecified atom stereocenters. The van der Waals surface area contributed by atoms with Gasteiger partial charge in [0.05, 0.1) is 0 Å². The second kappa shape index (κ2) is 4.01. The molecule has 0 bridgehead atoms. The maximum absolute atomic E-state index is 5.16. The van der Waals surface area contributed by atoms with Crippen molar-refractivity contribution in [1.29, 1.82) is 0 Å². The van der Waals surface area contributed by atoms with Crippen molar-refractivity contribution in [2.24, 2.45) is 4.90 Å². The number of nitrogens with zero attached hydrogens (tertiary/aromatic N) is 1. The van der Waals surface area contributed by atoms with Gasteiger partial charge in [0, 0.05) is 0 Å². The molecule has 2 aromatic rings. The average molecular weight is 178 g/mol. The SMILES string of the molecule is [B]=Nc1ccc(-c2ccccc2)cc1. The van der Waals surface area contributed by atoms with E-state index in [0.29, 0.717) is 0 Å². The third-order valence-electron chi connectivity index (χ3n) is 2.12. The van der Waals surface area contributed by atoms with Crippen molar-refractivity contribution in [2.45, 2.75) is 0 Å². The molecule has 0 atom stereocenters. The van der Waals surface area contributed by atoms with Crippen LogP contribution in [0.4, 0.5) is 5.69 Å². The van der Waals surface area contributed by atoms with Gasteiger partial charge in [0.15, 0.2) is 0 Å². The fraction of sp³-hybridized carbons (Fsp3) is 0. The van der Waals surface area contributed by atoms with Crippen LogP contribution >= 0.6 is 0 Å². The Morgan fingerprint density at radius 3 is 1.86 bits per heavy atom. The van der Waals surface area contributed by atoms with E-state index in [1.807, 2.05) is 42.5 Å². The standard InChI is InChI=1S/C12H9BN/c13-14-12-8-6-11(7-9-12)10-4-2-1-3-5-10/h1-9H. The summed E-state index contributed by atoms with van der Waals surface area (Å²) in [5.41, 5.74) is 3.18. The number of rotatable bonds is 2. The molecule has 0 N–H and O–H groups in total. The molecule has 65 valence electrons. The van der Waals surface area contributed by atoms with Crippen LogP contribution in [-0.2, 0) is 0 Å². The number of benzene rings is 2.